The number of nitrogens with one attached hydrogen (secondary N) is 1. The Kier molecular flexibility index (Phi) is 5.87. The van der Waals surface area contributed by atoms with Crippen LogP contribution < -0.4 is 15.0 Å². The zero-order valence-electron chi connectivity index (χ0n) is 17.0. The van der Waals surface area contributed by atoms with Crippen LogP contribution in [0.1, 0.15) is 25.8 Å². The third-order valence-electron chi connectivity index (χ3n) is 4.85. The monoisotopic (exact) mass is 395 g/mol. The molecule has 4 amide bonds. The van der Waals surface area contributed by atoms with Gasteiger partial charge in [0, 0.05) is 11.7 Å². The first-order chi connectivity index (χ1) is 13.8. The van der Waals surface area contributed by atoms with Gasteiger partial charge in [-0.05, 0) is 57.2 Å². The van der Waals surface area contributed by atoms with Crippen molar-refractivity contribution >= 4 is 29.2 Å². The number of nitrogens with zero attached hydrogens (tertiary/aromatic N) is 2. The molecule has 7 nitrogen and oxygen atoms in total. The number of benzene rings is 2. The number of carbonyl (C=O) groups excluding carboxylic acids is 3. The van der Waals surface area contributed by atoms with Crippen LogP contribution in [0.3, 0.4) is 0 Å². The number of hydrogen-bond acceptors (Lipinski definition) is 4. The first-order valence-corrected chi connectivity index (χ1v) is 9.48. The number of carbonyl (C=O) groups is 3. The van der Waals surface area contributed by atoms with E-state index < -0.39 is 18.0 Å². The average Bonchev–Trinajstić information content (AvgIpc) is 2.93. The van der Waals surface area contributed by atoms with Crippen LogP contribution >= 0.6 is 0 Å². The molecule has 0 aliphatic carbocycles. The van der Waals surface area contributed by atoms with E-state index in [4.69, 9.17) is 4.74 Å². The van der Waals surface area contributed by atoms with Gasteiger partial charge in [0.25, 0.3) is 5.91 Å². The third-order valence-corrected chi connectivity index (χ3v) is 4.85. The molecule has 3 rings (SSSR count). The molecule has 0 aromatic heterocycles. The summed E-state index contributed by atoms with van der Waals surface area (Å²) >= 11 is 0. The second kappa shape index (κ2) is 8.34. The lowest BCUT2D eigenvalue weighted by atomic mass is 10.1. The maximum atomic E-state index is 13.1. The van der Waals surface area contributed by atoms with E-state index in [1.807, 2.05) is 32.9 Å². The van der Waals surface area contributed by atoms with Gasteiger partial charge in [0.05, 0.1) is 19.2 Å². The molecule has 1 fully saturated rings. The topological polar surface area (TPSA) is 79.0 Å². The van der Waals surface area contributed by atoms with E-state index >= 15 is 0 Å². The molecular formula is C22H25N3O4. The van der Waals surface area contributed by atoms with Crippen molar-refractivity contribution in [3.8, 4) is 5.75 Å². The molecule has 152 valence electrons. The van der Waals surface area contributed by atoms with Crippen molar-refractivity contribution in [1.82, 2.24) is 4.90 Å². The minimum absolute atomic E-state index is 0.114. The van der Waals surface area contributed by atoms with Crippen molar-refractivity contribution in [2.24, 2.45) is 0 Å². The summed E-state index contributed by atoms with van der Waals surface area (Å²) in [4.78, 5) is 41.2. The molecule has 7 heteroatoms. The SMILES string of the molecule is COc1ccc(NC(=O)C[C@@H]2C(=O)N(c3ccc(C)cc3)C(=O)N2C(C)C)cc1. The Labute approximate surface area is 170 Å². The fraction of sp³-hybridized carbons (Fsp3) is 0.318. The maximum absolute atomic E-state index is 13.1. The normalized spacial score (nSPS) is 16.5. The molecule has 2 aromatic carbocycles. The summed E-state index contributed by atoms with van der Waals surface area (Å²) in [6, 6.07) is 12.6. The van der Waals surface area contributed by atoms with Gasteiger partial charge in [-0.3, -0.25) is 9.59 Å². The Morgan fingerprint density at radius 2 is 1.69 bits per heavy atom. The van der Waals surface area contributed by atoms with Crippen LogP contribution in [-0.2, 0) is 9.59 Å². The summed E-state index contributed by atoms with van der Waals surface area (Å²) in [5.74, 6) is -0.0468. The Morgan fingerprint density at radius 3 is 2.24 bits per heavy atom. The predicted octanol–water partition coefficient (Wildman–Crippen LogP) is 3.58. The second-order valence-electron chi connectivity index (χ2n) is 7.29. The fourth-order valence-corrected chi connectivity index (χ4v) is 3.37. The van der Waals surface area contributed by atoms with Gasteiger partial charge in [-0.1, -0.05) is 17.7 Å². The van der Waals surface area contributed by atoms with Crippen LogP contribution in [0.25, 0.3) is 0 Å². The molecule has 0 radical (unpaired) electrons. The summed E-state index contributed by atoms with van der Waals surface area (Å²) in [7, 11) is 1.57. The minimum Gasteiger partial charge on any atom is -0.497 e. The van der Waals surface area contributed by atoms with Gasteiger partial charge in [0.2, 0.25) is 5.91 Å². The number of rotatable bonds is 6. The average molecular weight is 395 g/mol. The largest absolute Gasteiger partial charge is 0.497 e. The predicted molar refractivity (Wildman–Crippen MR) is 111 cm³/mol. The fourth-order valence-electron chi connectivity index (χ4n) is 3.37. The summed E-state index contributed by atoms with van der Waals surface area (Å²) in [6.07, 6.45) is -0.114. The lowest BCUT2D eigenvalue weighted by Gasteiger charge is -2.25. The lowest BCUT2D eigenvalue weighted by molar-refractivity contribution is -0.124. The highest BCUT2D eigenvalue weighted by Crippen LogP contribution is 2.29. The molecule has 1 aliphatic rings. The molecule has 2 aromatic rings. The highest BCUT2D eigenvalue weighted by molar-refractivity contribution is 6.22. The number of imide groups is 1. The second-order valence-corrected chi connectivity index (χ2v) is 7.29. The number of urea groups is 1. The van der Waals surface area contributed by atoms with E-state index in [1.165, 1.54) is 4.90 Å². The molecule has 1 heterocycles. The van der Waals surface area contributed by atoms with E-state index in [9.17, 15) is 14.4 Å². The molecule has 0 spiro atoms. The van der Waals surface area contributed by atoms with Gasteiger partial charge in [-0.25, -0.2) is 9.69 Å². The molecule has 0 unspecified atom stereocenters. The molecule has 1 atom stereocenters. The van der Waals surface area contributed by atoms with Crippen molar-refractivity contribution in [1.29, 1.82) is 0 Å². The number of anilines is 2. The van der Waals surface area contributed by atoms with Crippen LogP contribution in [0.5, 0.6) is 5.75 Å². The Balaban J connectivity index is 1.78. The van der Waals surface area contributed by atoms with Crippen LogP contribution in [0, 0.1) is 6.92 Å². The number of hydrogen-bond donors (Lipinski definition) is 1. The summed E-state index contributed by atoms with van der Waals surface area (Å²) in [5.41, 5.74) is 2.14. The Bertz CT molecular complexity index is 907. The van der Waals surface area contributed by atoms with E-state index in [1.54, 1.807) is 43.5 Å². The first kappa shape index (κ1) is 20.4. The number of amides is 4. The van der Waals surface area contributed by atoms with Crippen LogP contribution in [-0.4, -0.2) is 41.9 Å². The molecule has 1 N–H and O–H groups in total. The van der Waals surface area contributed by atoms with Crippen molar-refractivity contribution in [2.75, 3.05) is 17.3 Å². The first-order valence-electron chi connectivity index (χ1n) is 9.48. The summed E-state index contributed by atoms with van der Waals surface area (Å²) in [6.45, 7) is 5.60. The summed E-state index contributed by atoms with van der Waals surface area (Å²) < 4.78 is 5.10. The highest BCUT2D eigenvalue weighted by atomic mass is 16.5. The number of methoxy groups -OCH3 is 1. The number of aryl methyl sites for hydroxylation is 1. The van der Waals surface area contributed by atoms with Gasteiger partial charge < -0.3 is 15.0 Å². The molecule has 1 aliphatic heterocycles. The molecule has 1 saturated heterocycles. The van der Waals surface area contributed by atoms with Gasteiger partial charge in [0.15, 0.2) is 0 Å². The summed E-state index contributed by atoms with van der Waals surface area (Å²) in [5, 5.41) is 2.77. The molecular weight excluding hydrogens is 370 g/mol. The van der Waals surface area contributed by atoms with Gasteiger partial charge in [-0.2, -0.15) is 0 Å². The van der Waals surface area contributed by atoms with Gasteiger partial charge in [-0.15, -0.1) is 0 Å². The molecule has 0 bridgehead atoms. The van der Waals surface area contributed by atoms with Crippen LogP contribution in [0.4, 0.5) is 16.2 Å². The van der Waals surface area contributed by atoms with Crippen molar-refractivity contribution < 1.29 is 19.1 Å². The van der Waals surface area contributed by atoms with Gasteiger partial charge >= 0.3 is 6.03 Å². The van der Waals surface area contributed by atoms with E-state index in [-0.39, 0.29) is 18.4 Å². The molecule has 29 heavy (non-hydrogen) atoms. The van der Waals surface area contributed by atoms with E-state index in [0.29, 0.717) is 17.1 Å². The zero-order valence-corrected chi connectivity index (χ0v) is 17.0. The minimum atomic E-state index is -0.845. The standard InChI is InChI=1S/C22H25N3O4/c1-14(2)24-19(13-20(26)23-16-7-11-18(29-4)12-8-16)21(27)25(22(24)28)17-9-5-15(3)6-10-17/h5-12,14,19H,13H2,1-4H3,(H,23,26)/t19-/m1/s1. The zero-order chi connectivity index (χ0) is 21.1. The van der Waals surface area contributed by atoms with E-state index in [0.717, 1.165) is 10.5 Å². The highest BCUT2D eigenvalue weighted by Gasteiger charge is 2.47. The lowest BCUT2D eigenvalue weighted by Crippen LogP contribution is -2.42. The molecule has 0 saturated carbocycles. The van der Waals surface area contributed by atoms with Crippen molar-refractivity contribution in [3.05, 3.63) is 54.1 Å². The van der Waals surface area contributed by atoms with Crippen LogP contribution in [0.15, 0.2) is 48.5 Å². The Hall–Kier alpha value is -3.35. The maximum Gasteiger partial charge on any atom is 0.332 e. The van der Waals surface area contributed by atoms with Crippen molar-refractivity contribution in [2.45, 2.75) is 39.3 Å². The van der Waals surface area contributed by atoms with Crippen LogP contribution in [0.2, 0.25) is 0 Å². The smallest absolute Gasteiger partial charge is 0.332 e. The van der Waals surface area contributed by atoms with E-state index in [2.05, 4.69) is 5.32 Å². The van der Waals surface area contributed by atoms with Gasteiger partial charge in [0.1, 0.15) is 11.8 Å². The van der Waals surface area contributed by atoms with Crippen molar-refractivity contribution in [3.63, 3.8) is 0 Å². The quantitative estimate of drug-likeness (QED) is 0.759. The third kappa shape index (κ3) is 4.23. The number of ether oxygens (including phenoxy) is 1. The Morgan fingerprint density at radius 1 is 1.07 bits per heavy atom.